The largest absolute Gasteiger partial charge is 0.383 e. The molecule has 0 bridgehead atoms. The second-order valence-electron chi connectivity index (χ2n) is 7.53. The third-order valence-electron chi connectivity index (χ3n) is 4.94. The Labute approximate surface area is 155 Å². The summed E-state index contributed by atoms with van der Waals surface area (Å²) in [7, 11) is 5.63. The third kappa shape index (κ3) is 4.75. The Balaban J connectivity index is 1.78. The summed E-state index contributed by atoms with van der Waals surface area (Å²) in [4.78, 5) is 28.6. The van der Waals surface area contributed by atoms with Gasteiger partial charge in [0.05, 0.1) is 6.61 Å². The van der Waals surface area contributed by atoms with Crippen LogP contribution >= 0.6 is 0 Å². The molecule has 0 aromatic heterocycles. The van der Waals surface area contributed by atoms with Crippen molar-refractivity contribution in [3.05, 3.63) is 23.8 Å². The zero-order valence-electron chi connectivity index (χ0n) is 16.0. The highest BCUT2D eigenvalue weighted by atomic mass is 16.5. The van der Waals surface area contributed by atoms with Crippen molar-refractivity contribution in [2.24, 2.45) is 11.8 Å². The van der Waals surface area contributed by atoms with E-state index in [9.17, 15) is 9.59 Å². The van der Waals surface area contributed by atoms with E-state index in [1.54, 1.807) is 7.11 Å². The van der Waals surface area contributed by atoms with Crippen LogP contribution in [0.15, 0.2) is 18.2 Å². The van der Waals surface area contributed by atoms with Gasteiger partial charge in [-0.2, -0.15) is 0 Å². The lowest BCUT2D eigenvalue weighted by molar-refractivity contribution is -0.133. The number of ether oxygens (including phenoxy) is 1. The van der Waals surface area contributed by atoms with Gasteiger partial charge in [0.2, 0.25) is 11.8 Å². The molecule has 0 saturated heterocycles. The number of carbonyl (C=O) groups excluding carboxylic acids is 2. The number of methoxy groups -OCH3 is 1. The maximum absolute atomic E-state index is 12.6. The second-order valence-corrected chi connectivity index (χ2v) is 7.53. The predicted octanol–water partition coefficient (Wildman–Crippen LogP) is 2.49. The van der Waals surface area contributed by atoms with Crippen molar-refractivity contribution in [2.75, 3.05) is 44.6 Å². The Morgan fingerprint density at radius 2 is 1.85 bits per heavy atom. The molecule has 0 aliphatic heterocycles. The summed E-state index contributed by atoms with van der Waals surface area (Å²) in [6, 6.07) is 5.94. The maximum Gasteiger partial charge on any atom is 0.227 e. The van der Waals surface area contributed by atoms with Gasteiger partial charge in [0.1, 0.15) is 0 Å². The predicted molar refractivity (Wildman–Crippen MR) is 102 cm³/mol. The van der Waals surface area contributed by atoms with Gasteiger partial charge in [0, 0.05) is 57.5 Å². The monoisotopic (exact) mass is 359 g/mol. The number of benzene rings is 1. The third-order valence-corrected chi connectivity index (χ3v) is 4.94. The summed E-state index contributed by atoms with van der Waals surface area (Å²) in [6.45, 7) is 1.63. The summed E-state index contributed by atoms with van der Waals surface area (Å²) >= 11 is 0. The summed E-state index contributed by atoms with van der Waals surface area (Å²) in [6.07, 6.45) is 3.94. The average molecular weight is 359 g/mol. The van der Waals surface area contributed by atoms with Crippen LogP contribution in [0.4, 0.5) is 11.4 Å². The molecule has 0 heterocycles. The first kappa shape index (κ1) is 18.7. The molecular formula is C20H29N3O3. The molecule has 26 heavy (non-hydrogen) atoms. The van der Waals surface area contributed by atoms with Crippen LogP contribution in [0.1, 0.15) is 31.2 Å². The fraction of sp³-hybridized carbons (Fsp3) is 0.600. The van der Waals surface area contributed by atoms with Gasteiger partial charge in [0.15, 0.2) is 0 Å². The minimum atomic E-state index is 0.0962. The fourth-order valence-electron chi connectivity index (χ4n) is 3.08. The minimum Gasteiger partial charge on any atom is -0.383 e. The van der Waals surface area contributed by atoms with Crippen molar-refractivity contribution in [1.29, 1.82) is 0 Å². The van der Waals surface area contributed by atoms with E-state index < -0.39 is 0 Å². The van der Waals surface area contributed by atoms with Gasteiger partial charge in [-0.1, -0.05) is 0 Å². The molecule has 2 saturated carbocycles. The van der Waals surface area contributed by atoms with E-state index in [0.717, 1.165) is 42.6 Å². The van der Waals surface area contributed by atoms with Crippen molar-refractivity contribution in [3.63, 3.8) is 0 Å². The summed E-state index contributed by atoms with van der Waals surface area (Å²) in [5.41, 5.74) is 2.89. The van der Waals surface area contributed by atoms with Gasteiger partial charge >= 0.3 is 0 Å². The number of rotatable bonds is 9. The van der Waals surface area contributed by atoms with Crippen LogP contribution in [-0.4, -0.2) is 51.1 Å². The van der Waals surface area contributed by atoms with Gasteiger partial charge in [-0.05, 0) is 49.4 Å². The number of hydrogen-bond acceptors (Lipinski definition) is 4. The highest BCUT2D eigenvalue weighted by Gasteiger charge is 2.33. The normalized spacial score (nSPS) is 16.3. The molecular weight excluding hydrogens is 330 g/mol. The standard InChI is InChI=1S/C20H29N3O3/c1-22(2)18-9-8-17(21-19(24)14-4-5-14)12-16(18)13-23(10-11-26-3)20(25)15-6-7-15/h8-9,12,14-15H,4-7,10-11,13H2,1-3H3,(H,21,24). The molecule has 2 amide bonds. The number of carbonyl (C=O) groups is 2. The minimum absolute atomic E-state index is 0.0962. The molecule has 1 aromatic rings. The Hall–Kier alpha value is -2.08. The van der Waals surface area contributed by atoms with Crippen LogP contribution in [0.25, 0.3) is 0 Å². The Bertz CT molecular complexity index is 666. The topological polar surface area (TPSA) is 61.9 Å². The van der Waals surface area contributed by atoms with Crippen LogP contribution in [0.2, 0.25) is 0 Å². The van der Waals surface area contributed by atoms with Crippen molar-refractivity contribution in [1.82, 2.24) is 4.90 Å². The zero-order chi connectivity index (χ0) is 18.7. The Morgan fingerprint density at radius 1 is 1.15 bits per heavy atom. The van der Waals surface area contributed by atoms with Crippen molar-refractivity contribution in [3.8, 4) is 0 Å². The van der Waals surface area contributed by atoms with E-state index in [2.05, 4.69) is 5.32 Å². The molecule has 6 heteroatoms. The SMILES string of the molecule is COCCN(Cc1cc(NC(=O)C2CC2)ccc1N(C)C)C(=O)C1CC1. The van der Waals surface area contributed by atoms with Gasteiger partial charge in [-0.25, -0.2) is 0 Å². The van der Waals surface area contributed by atoms with Crippen molar-refractivity contribution < 1.29 is 14.3 Å². The van der Waals surface area contributed by atoms with Crippen LogP contribution in [0.5, 0.6) is 0 Å². The van der Waals surface area contributed by atoms with E-state index in [1.165, 1.54) is 0 Å². The lowest BCUT2D eigenvalue weighted by Crippen LogP contribution is -2.35. The van der Waals surface area contributed by atoms with Gasteiger partial charge < -0.3 is 19.9 Å². The second kappa shape index (κ2) is 8.08. The number of nitrogens with zero attached hydrogens (tertiary/aromatic N) is 2. The quantitative estimate of drug-likeness (QED) is 0.736. The first-order chi connectivity index (χ1) is 12.5. The summed E-state index contributed by atoms with van der Waals surface area (Å²) in [5.74, 6) is 0.645. The van der Waals surface area contributed by atoms with E-state index >= 15 is 0 Å². The number of nitrogens with one attached hydrogen (secondary N) is 1. The van der Waals surface area contributed by atoms with Gasteiger partial charge in [0.25, 0.3) is 0 Å². The first-order valence-electron chi connectivity index (χ1n) is 9.38. The van der Waals surface area contributed by atoms with Gasteiger partial charge in [-0.15, -0.1) is 0 Å². The molecule has 0 radical (unpaired) electrons. The number of anilines is 2. The maximum atomic E-state index is 12.6. The molecule has 1 N–H and O–H groups in total. The van der Waals surface area contributed by atoms with Crippen LogP contribution in [0.3, 0.4) is 0 Å². The van der Waals surface area contributed by atoms with E-state index in [-0.39, 0.29) is 23.7 Å². The molecule has 142 valence electrons. The highest BCUT2D eigenvalue weighted by molar-refractivity contribution is 5.94. The number of amides is 2. The molecule has 0 atom stereocenters. The van der Waals surface area contributed by atoms with Crippen LogP contribution < -0.4 is 10.2 Å². The Morgan fingerprint density at radius 3 is 2.42 bits per heavy atom. The molecule has 2 aliphatic rings. The lowest BCUT2D eigenvalue weighted by atomic mass is 10.1. The molecule has 0 spiro atoms. The molecule has 0 unspecified atom stereocenters. The summed E-state index contributed by atoms with van der Waals surface area (Å²) < 4.78 is 5.19. The van der Waals surface area contributed by atoms with Crippen molar-refractivity contribution >= 4 is 23.2 Å². The van der Waals surface area contributed by atoms with E-state index in [0.29, 0.717) is 19.7 Å². The highest BCUT2D eigenvalue weighted by Crippen LogP contribution is 2.33. The average Bonchev–Trinajstić information content (AvgIpc) is 3.49. The van der Waals surface area contributed by atoms with Crippen molar-refractivity contribution in [2.45, 2.75) is 32.2 Å². The summed E-state index contributed by atoms with van der Waals surface area (Å²) in [5, 5.41) is 3.01. The van der Waals surface area contributed by atoms with Crippen LogP contribution in [0, 0.1) is 11.8 Å². The molecule has 2 aliphatic carbocycles. The zero-order valence-corrected chi connectivity index (χ0v) is 16.0. The fourth-order valence-corrected chi connectivity index (χ4v) is 3.08. The molecule has 6 nitrogen and oxygen atoms in total. The van der Waals surface area contributed by atoms with E-state index in [4.69, 9.17) is 4.74 Å². The van der Waals surface area contributed by atoms with E-state index in [1.807, 2.05) is 42.1 Å². The van der Waals surface area contributed by atoms with Crippen LogP contribution in [-0.2, 0) is 20.9 Å². The number of hydrogen-bond donors (Lipinski definition) is 1. The van der Waals surface area contributed by atoms with Gasteiger partial charge in [-0.3, -0.25) is 9.59 Å². The lowest BCUT2D eigenvalue weighted by Gasteiger charge is -2.26. The molecule has 3 rings (SSSR count). The molecule has 1 aromatic carbocycles. The Kier molecular flexibility index (Phi) is 5.81. The first-order valence-corrected chi connectivity index (χ1v) is 9.38. The smallest absolute Gasteiger partial charge is 0.227 e. The molecule has 2 fully saturated rings.